The number of nitrogens with zero attached hydrogens (tertiary/aromatic N) is 2. The number of nitrogens with one attached hydrogen (secondary N) is 1. The molecule has 3 aliphatic rings. The van der Waals surface area contributed by atoms with E-state index < -0.39 is 16.0 Å². The molecule has 1 saturated heterocycles. The fraction of sp³-hybridized carbons (Fsp3) is 0.515. The third-order valence-electron chi connectivity index (χ3n) is 9.60. The normalized spacial score (nSPS) is 23.0. The first-order valence-electron chi connectivity index (χ1n) is 15.4. The Hall–Kier alpha value is -3.21. The molecule has 3 aromatic rings. The summed E-state index contributed by atoms with van der Waals surface area (Å²) in [5.41, 5.74) is 4.83. The van der Waals surface area contributed by atoms with Gasteiger partial charge < -0.3 is 19.3 Å². The van der Waals surface area contributed by atoms with E-state index in [2.05, 4.69) is 9.62 Å². The van der Waals surface area contributed by atoms with E-state index in [-0.39, 0.29) is 35.2 Å². The van der Waals surface area contributed by atoms with Crippen LogP contribution in [0.4, 0.5) is 0 Å². The van der Waals surface area contributed by atoms with E-state index in [1.165, 1.54) is 12.8 Å². The van der Waals surface area contributed by atoms with Crippen molar-refractivity contribution in [1.29, 1.82) is 0 Å². The van der Waals surface area contributed by atoms with Crippen LogP contribution in [0.3, 0.4) is 0 Å². The number of aryl methyl sites for hydroxylation is 3. The van der Waals surface area contributed by atoms with Gasteiger partial charge in [0.1, 0.15) is 0 Å². The van der Waals surface area contributed by atoms with Crippen molar-refractivity contribution in [2.24, 2.45) is 18.9 Å². The van der Waals surface area contributed by atoms with E-state index in [0.29, 0.717) is 57.8 Å². The van der Waals surface area contributed by atoms with Crippen molar-refractivity contribution in [3.05, 3.63) is 53.6 Å². The zero-order valence-corrected chi connectivity index (χ0v) is 25.7. The SMILES string of the molecule is Cc1c(-c2ccc(CCC(=O)O)cc2)n(C)c2cc(S(=O)(=O)NC3CCC(C(=O)N4CCOC[C@@H]4C4CC4)CC3)ccc12. The van der Waals surface area contributed by atoms with Gasteiger partial charge in [0.2, 0.25) is 15.9 Å². The van der Waals surface area contributed by atoms with E-state index in [9.17, 15) is 18.0 Å². The van der Waals surface area contributed by atoms with Gasteiger partial charge in [-0.2, -0.15) is 0 Å². The molecule has 1 aliphatic heterocycles. The van der Waals surface area contributed by atoms with E-state index in [4.69, 9.17) is 9.84 Å². The van der Waals surface area contributed by atoms with Gasteiger partial charge in [0.05, 0.1) is 29.8 Å². The highest BCUT2D eigenvalue weighted by Crippen LogP contribution is 2.38. The highest BCUT2D eigenvalue weighted by Gasteiger charge is 2.41. The number of carboxylic acids is 1. The Morgan fingerprint density at radius 1 is 1.02 bits per heavy atom. The number of carboxylic acid groups (broad SMARTS) is 1. The van der Waals surface area contributed by atoms with E-state index >= 15 is 0 Å². The standard InChI is InChI=1S/C33H41N3O6S/c1-21-28-15-14-27(19-29(28)35(2)32(21)24-6-3-22(4-7-24)5-16-31(37)38)43(40,41)34-26-12-10-25(11-13-26)33(39)36-17-18-42-20-30(36)23-8-9-23/h3-4,6-7,14-15,19,23,25-26,30,34H,5,8-13,16-18,20H2,1-2H3,(H,37,38)/t25?,26?,30-/m1/s1. The number of carbonyl (C=O) groups excluding carboxylic acids is 1. The second-order valence-electron chi connectivity index (χ2n) is 12.5. The lowest BCUT2D eigenvalue weighted by Gasteiger charge is -2.39. The highest BCUT2D eigenvalue weighted by atomic mass is 32.2. The summed E-state index contributed by atoms with van der Waals surface area (Å²) >= 11 is 0. The summed E-state index contributed by atoms with van der Waals surface area (Å²) in [5, 5.41) is 9.95. The number of sulfonamides is 1. The van der Waals surface area contributed by atoms with Gasteiger partial charge in [-0.25, -0.2) is 13.1 Å². The first-order valence-corrected chi connectivity index (χ1v) is 16.9. The maximum atomic E-state index is 13.5. The Morgan fingerprint density at radius 3 is 2.42 bits per heavy atom. The number of fused-ring (bicyclic) bond motifs is 1. The molecule has 1 amide bonds. The fourth-order valence-corrected chi connectivity index (χ4v) is 8.34. The van der Waals surface area contributed by atoms with Gasteiger partial charge in [-0.05, 0) is 86.6 Å². The van der Waals surface area contributed by atoms with Gasteiger partial charge in [-0.3, -0.25) is 9.59 Å². The van der Waals surface area contributed by atoms with Crippen LogP contribution in [0.2, 0.25) is 0 Å². The quantitative estimate of drug-likeness (QED) is 0.366. The molecular formula is C33H41N3O6S. The third-order valence-corrected chi connectivity index (χ3v) is 11.1. The zero-order chi connectivity index (χ0) is 30.3. The number of hydrogen-bond acceptors (Lipinski definition) is 5. The summed E-state index contributed by atoms with van der Waals surface area (Å²) in [6.07, 6.45) is 5.58. The molecule has 1 atom stereocenters. The molecule has 6 rings (SSSR count). The maximum Gasteiger partial charge on any atom is 0.303 e. The van der Waals surface area contributed by atoms with Crippen LogP contribution in [0, 0.1) is 18.8 Å². The molecule has 2 aromatic carbocycles. The van der Waals surface area contributed by atoms with Crippen molar-refractivity contribution < 1.29 is 27.9 Å². The molecule has 2 aliphatic carbocycles. The topological polar surface area (TPSA) is 118 Å². The van der Waals surface area contributed by atoms with Crippen LogP contribution < -0.4 is 4.72 Å². The average Bonchev–Trinajstić information content (AvgIpc) is 3.82. The third kappa shape index (κ3) is 6.23. The number of rotatable bonds is 9. The molecule has 9 nitrogen and oxygen atoms in total. The van der Waals surface area contributed by atoms with Gasteiger partial charge in [0.15, 0.2) is 0 Å². The van der Waals surface area contributed by atoms with Gasteiger partial charge in [0.25, 0.3) is 0 Å². The second kappa shape index (κ2) is 12.1. The van der Waals surface area contributed by atoms with Crippen LogP contribution in [0.15, 0.2) is 47.4 Å². The molecule has 2 saturated carbocycles. The van der Waals surface area contributed by atoms with Crippen LogP contribution in [0.5, 0.6) is 0 Å². The summed E-state index contributed by atoms with van der Waals surface area (Å²) in [6.45, 7) is 3.93. The lowest BCUT2D eigenvalue weighted by Crippen LogP contribution is -2.52. The van der Waals surface area contributed by atoms with Crippen LogP contribution in [-0.4, -0.2) is 66.7 Å². The van der Waals surface area contributed by atoms with Crippen molar-refractivity contribution in [1.82, 2.24) is 14.2 Å². The largest absolute Gasteiger partial charge is 0.481 e. The summed E-state index contributed by atoms with van der Waals surface area (Å²) in [4.78, 5) is 26.6. The number of ether oxygens (including phenoxy) is 1. The summed E-state index contributed by atoms with van der Waals surface area (Å²) in [7, 11) is -1.81. The monoisotopic (exact) mass is 607 g/mol. The number of carbonyl (C=O) groups is 2. The number of benzene rings is 2. The van der Waals surface area contributed by atoms with Gasteiger partial charge in [-0.15, -0.1) is 0 Å². The molecule has 0 bridgehead atoms. The average molecular weight is 608 g/mol. The minimum atomic E-state index is -3.75. The van der Waals surface area contributed by atoms with E-state index in [0.717, 1.165) is 33.3 Å². The summed E-state index contributed by atoms with van der Waals surface area (Å²) in [5.74, 6) is -0.0729. The van der Waals surface area contributed by atoms with Gasteiger partial charge >= 0.3 is 5.97 Å². The van der Waals surface area contributed by atoms with Crippen molar-refractivity contribution >= 4 is 32.8 Å². The van der Waals surface area contributed by atoms with Crippen LogP contribution in [0.1, 0.15) is 56.1 Å². The molecule has 0 radical (unpaired) electrons. The van der Waals surface area contributed by atoms with Gasteiger partial charge in [0, 0.05) is 42.9 Å². The molecule has 2 heterocycles. The Morgan fingerprint density at radius 2 is 1.74 bits per heavy atom. The lowest BCUT2D eigenvalue weighted by atomic mass is 9.85. The van der Waals surface area contributed by atoms with E-state index in [1.807, 2.05) is 48.9 Å². The van der Waals surface area contributed by atoms with Gasteiger partial charge in [-0.1, -0.05) is 30.3 Å². The summed E-state index contributed by atoms with van der Waals surface area (Å²) < 4.78 is 37.6. The predicted octanol–water partition coefficient (Wildman–Crippen LogP) is 4.65. The Bertz CT molecular complexity index is 1620. The lowest BCUT2D eigenvalue weighted by molar-refractivity contribution is -0.146. The van der Waals surface area contributed by atoms with Crippen LogP contribution in [-0.2, 0) is 37.8 Å². The van der Waals surface area contributed by atoms with Crippen LogP contribution in [0.25, 0.3) is 22.2 Å². The molecule has 0 spiro atoms. The minimum absolute atomic E-state index is 0.0487. The minimum Gasteiger partial charge on any atom is -0.481 e. The Kier molecular flexibility index (Phi) is 8.37. The Balaban J connectivity index is 1.13. The molecule has 230 valence electrons. The number of morpholine rings is 1. The predicted molar refractivity (Wildman–Crippen MR) is 164 cm³/mol. The molecule has 2 N–H and O–H groups in total. The molecule has 1 aromatic heterocycles. The van der Waals surface area contributed by atoms with Crippen molar-refractivity contribution in [3.63, 3.8) is 0 Å². The summed E-state index contributed by atoms with van der Waals surface area (Å²) in [6, 6.07) is 13.2. The zero-order valence-electron chi connectivity index (χ0n) is 24.9. The maximum absolute atomic E-state index is 13.5. The molecule has 10 heteroatoms. The molecular weight excluding hydrogens is 566 g/mol. The molecule has 43 heavy (non-hydrogen) atoms. The van der Waals surface area contributed by atoms with Crippen molar-refractivity contribution in [2.75, 3.05) is 19.8 Å². The first kappa shape index (κ1) is 29.8. The second-order valence-corrected chi connectivity index (χ2v) is 14.2. The highest BCUT2D eigenvalue weighted by molar-refractivity contribution is 7.89. The number of aliphatic carboxylic acids is 1. The number of hydrogen-bond donors (Lipinski definition) is 2. The van der Waals surface area contributed by atoms with Crippen molar-refractivity contribution in [2.45, 2.75) is 75.3 Å². The number of aromatic nitrogens is 1. The van der Waals surface area contributed by atoms with Crippen LogP contribution >= 0.6 is 0 Å². The molecule has 0 unspecified atom stereocenters. The number of amides is 1. The fourth-order valence-electron chi connectivity index (χ4n) is 7.01. The smallest absolute Gasteiger partial charge is 0.303 e. The molecule has 3 fully saturated rings. The van der Waals surface area contributed by atoms with Crippen molar-refractivity contribution in [3.8, 4) is 11.3 Å². The van der Waals surface area contributed by atoms with E-state index in [1.54, 1.807) is 12.1 Å². The Labute approximate surface area is 253 Å². The first-order chi connectivity index (χ1) is 20.6.